The monoisotopic (exact) mass is 243 g/mol. The van der Waals surface area contributed by atoms with E-state index in [4.69, 9.17) is 4.74 Å². The molecule has 3 nitrogen and oxygen atoms in total. The van der Waals surface area contributed by atoms with Crippen molar-refractivity contribution in [2.45, 2.75) is 37.5 Å². The van der Waals surface area contributed by atoms with Gasteiger partial charge in [0.2, 0.25) is 0 Å². The van der Waals surface area contributed by atoms with Crippen molar-refractivity contribution >= 4 is 17.7 Å². The van der Waals surface area contributed by atoms with Crippen molar-refractivity contribution in [3.05, 3.63) is 0 Å². The van der Waals surface area contributed by atoms with Gasteiger partial charge >= 0.3 is 5.97 Å². The number of thioether (sulfide) groups is 1. The minimum absolute atomic E-state index is 0.0238. The lowest BCUT2D eigenvalue weighted by Gasteiger charge is -2.36. The minimum Gasteiger partial charge on any atom is -0.468 e. The van der Waals surface area contributed by atoms with Gasteiger partial charge in [-0.1, -0.05) is 6.92 Å². The van der Waals surface area contributed by atoms with Gasteiger partial charge in [0, 0.05) is 24.1 Å². The van der Waals surface area contributed by atoms with E-state index in [1.54, 1.807) is 0 Å². The molecule has 1 aliphatic carbocycles. The zero-order valence-electron chi connectivity index (χ0n) is 10.1. The summed E-state index contributed by atoms with van der Waals surface area (Å²) in [6, 6.07) is 0.0416. The third-order valence-electron chi connectivity index (χ3n) is 3.53. The van der Waals surface area contributed by atoms with Gasteiger partial charge in [-0.3, -0.25) is 9.69 Å². The molecule has 4 heteroatoms. The first kappa shape index (κ1) is 12.2. The molecular formula is C12H21NO2S. The van der Waals surface area contributed by atoms with Gasteiger partial charge < -0.3 is 4.74 Å². The van der Waals surface area contributed by atoms with Crippen LogP contribution in [0.2, 0.25) is 0 Å². The maximum absolute atomic E-state index is 11.8. The molecule has 0 N–H and O–H groups in total. The average molecular weight is 243 g/mol. The van der Waals surface area contributed by atoms with E-state index in [-0.39, 0.29) is 12.0 Å². The number of esters is 1. The Kier molecular flexibility index (Phi) is 4.14. The molecule has 1 heterocycles. The Hall–Kier alpha value is -0.220. The number of rotatable bonds is 4. The van der Waals surface area contributed by atoms with Gasteiger partial charge in [0.1, 0.15) is 6.04 Å². The molecule has 92 valence electrons. The lowest BCUT2D eigenvalue weighted by molar-refractivity contribution is -0.147. The summed E-state index contributed by atoms with van der Waals surface area (Å²) < 4.78 is 4.95. The Balaban J connectivity index is 1.98. The van der Waals surface area contributed by atoms with E-state index in [1.807, 2.05) is 11.8 Å². The molecule has 1 saturated carbocycles. The lowest BCUT2D eigenvalue weighted by Crippen LogP contribution is -2.49. The molecule has 2 fully saturated rings. The number of ether oxygens (including phenoxy) is 1. The Morgan fingerprint density at radius 1 is 1.56 bits per heavy atom. The van der Waals surface area contributed by atoms with E-state index < -0.39 is 0 Å². The molecule has 2 aliphatic rings. The van der Waals surface area contributed by atoms with Gasteiger partial charge in [0.15, 0.2) is 0 Å². The van der Waals surface area contributed by atoms with Crippen LogP contribution in [-0.2, 0) is 9.53 Å². The first-order valence-electron chi connectivity index (χ1n) is 6.19. The fourth-order valence-electron chi connectivity index (χ4n) is 2.41. The van der Waals surface area contributed by atoms with E-state index in [1.165, 1.54) is 26.4 Å². The van der Waals surface area contributed by atoms with Crippen molar-refractivity contribution in [2.24, 2.45) is 5.92 Å². The number of methoxy groups -OCH3 is 1. The van der Waals surface area contributed by atoms with Crippen LogP contribution in [0, 0.1) is 5.92 Å². The normalized spacial score (nSPS) is 28.8. The molecule has 0 aromatic rings. The van der Waals surface area contributed by atoms with Crippen molar-refractivity contribution in [3.8, 4) is 0 Å². The summed E-state index contributed by atoms with van der Waals surface area (Å²) in [4.78, 5) is 14.2. The highest BCUT2D eigenvalue weighted by molar-refractivity contribution is 8.00. The predicted octanol–water partition coefficient (Wildman–Crippen LogP) is 1.77. The van der Waals surface area contributed by atoms with Crippen LogP contribution in [0.15, 0.2) is 0 Å². The van der Waals surface area contributed by atoms with Crippen molar-refractivity contribution < 1.29 is 9.53 Å². The number of hydrogen-bond acceptors (Lipinski definition) is 4. The van der Waals surface area contributed by atoms with Crippen molar-refractivity contribution in [2.75, 3.05) is 26.0 Å². The highest BCUT2D eigenvalue weighted by atomic mass is 32.2. The lowest BCUT2D eigenvalue weighted by atomic mass is 10.1. The summed E-state index contributed by atoms with van der Waals surface area (Å²) in [5, 5.41) is 0.694. The molecule has 2 rings (SSSR count). The number of carbonyl (C=O) groups excluding carboxylic acids is 1. The minimum atomic E-state index is -0.0238. The summed E-state index contributed by atoms with van der Waals surface area (Å²) in [5.41, 5.74) is 0. The molecule has 1 aliphatic heterocycles. The van der Waals surface area contributed by atoms with Crippen LogP contribution < -0.4 is 0 Å². The molecule has 2 atom stereocenters. The summed E-state index contributed by atoms with van der Waals surface area (Å²) in [5.74, 6) is 1.69. The topological polar surface area (TPSA) is 29.5 Å². The van der Waals surface area contributed by atoms with E-state index in [0.29, 0.717) is 11.2 Å². The van der Waals surface area contributed by atoms with Gasteiger partial charge in [-0.2, -0.15) is 11.8 Å². The van der Waals surface area contributed by atoms with E-state index in [0.717, 1.165) is 18.8 Å². The third kappa shape index (κ3) is 2.72. The molecule has 0 bridgehead atoms. The van der Waals surface area contributed by atoms with Gasteiger partial charge in [-0.25, -0.2) is 0 Å². The van der Waals surface area contributed by atoms with Crippen molar-refractivity contribution in [3.63, 3.8) is 0 Å². The second kappa shape index (κ2) is 5.41. The van der Waals surface area contributed by atoms with Crippen LogP contribution >= 0.6 is 11.8 Å². The molecule has 0 spiro atoms. The maximum atomic E-state index is 11.8. The zero-order valence-corrected chi connectivity index (χ0v) is 11.0. The molecule has 0 amide bonds. The van der Waals surface area contributed by atoms with Crippen LogP contribution in [-0.4, -0.2) is 48.1 Å². The molecule has 0 radical (unpaired) electrons. The Morgan fingerprint density at radius 2 is 2.31 bits per heavy atom. The fourth-order valence-corrected chi connectivity index (χ4v) is 3.62. The Bertz CT molecular complexity index is 255. The van der Waals surface area contributed by atoms with Gasteiger partial charge in [0.25, 0.3) is 0 Å². The first-order valence-corrected chi connectivity index (χ1v) is 7.24. The number of hydrogen-bond donors (Lipinski definition) is 0. The second-order valence-electron chi connectivity index (χ2n) is 4.70. The molecular weight excluding hydrogens is 222 g/mol. The summed E-state index contributed by atoms with van der Waals surface area (Å²) >= 11 is 2.04. The Morgan fingerprint density at radius 3 is 2.88 bits per heavy atom. The predicted molar refractivity (Wildman–Crippen MR) is 66.6 cm³/mol. The van der Waals surface area contributed by atoms with E-state index in [2.05, 4.69) is 11.8 Å². The van der Waals surface area contributed by atoms with Crippen LogP contribution in [0.5, 0.6) is 0 Å². The largest absolute Gasteiger partial charge is 0.468 e. The molecule has 0 aromatic heterocycles. The molecule has 16 heavy (non-hydrogen) atoms. The summed E-state index contributed by atoms with van der Waals surface area (Å²) in [6.07, 6.45) is 3.58. The second-order valence-corrected chi connectivity index (χ2v) is 6.11. The van der Waals surface area contributed by atoms with Gasteiger partial charge in [-0.05, 0) is 25.2 Å². The zero-order chi connectivity index (χ0) is 11.5. The first-order chi connectivity index (χ1) is 7.76. The molecule has 1 saturated heterocycles. The fraction of sp³-hybridized carbons (Fsp3) is 0.917. The van der Waals surface area contributed by atoms with Gasteiger partial charge in [0.05, 0.1) is 7.11 Å². The van der Waals surface area contributed by atoms with Crippen LogP contribution in [0.25, 0.3) is 0 Å². The summed E-state index contributed by atoms with van der Waals surface area (Å²) in [7, 11) is 1.51. The van der Waals surface area contributed by atoms with Crippen LogP contribution in [0.4, 0.5) is 0 Å². The third-order valence-corrected chi connectivity index (χ3v) is 4.90. The quantitative estimate of drug-likeness (QED) is 0.704. The number of nitrogens with zero attached hydrogens (tertiary/aromatic N) is 1. The standard InChI is InChI=1S/C12H21NO2S/c1-3-10-8-13(6-7-16-10)11(9-4-5-9)12(14)15-2/h9-11H,3-8H2,1-2H3. The van der Waals surface area contributed by atoms with Crippen molar-refractivity contribution in [1.82, 2.24) is 4.90 Å². The highest BCUT2D eigenvalue weighted by Gasteiger charge is 2.42. The number of carbonyl (C=O) groups is 1. The highest BCUT2D eigenvalue weighted by Crippen LogP contribution is 2.37. The Labute approximate surface area is 102 Å². The van der Waals surface area contributed by atoms with E-state index >= 15 is 0 Å². The van der Waals surface area contributed by atoms with Gasteiger partial charge in [-0.15, -0.1) is 0 Å². The molecule has 0 aromatic carbocycles. The van der Waals surface area contributed by atoms with Crippen molar-refractivity contribution in [1.29, 1.82) is 0 Å². The maximum Gasteiger partial charge on any atom is 0.323 e. The SMILES string of the molecule is CCC1CN(C(C(=O)OC)C2CC2)CCS1. The van der Waals surface area contributed by atoms with E-state index in [9.17, 15) is 4.79 Å². The molecule has 2 unspecified atom stereocenters. The smallest absolute Gasteiger partial charge is 0.323 e. The average Bonchev–Trinajstić information content (AvgIpc) is 3.14. The van der Waals surface area contributed by atoms with Crippen LogP contribution in [0.1, 0.15) is 26.2 Å². The summed E-state index contributed by atoms with van der Waals surface area (Å²) in [6.45, 7) is 4.32. The van der Waals surface area contributed by atoms with Crippen LogP contribution in [0.3, 0.4) is 0 Å².